The van der Waals surface area contributed by atoms with Gasteiger partial charge in [-0.05, 0) is 6.42 Å². The molecule has 6 N–H and O–H groups in total. The summed E-state index contributed by atoms with van der Waals surface area (Å²) in [6.07, 6.45) is -3.22. The van der Waals surface area contributed by atoms with Gasteiger partial charge in [0.2, 0.25) is 0 Å². The zero-order valence-electron chi connectivity index (χ0n) is 12.7. The molecule has 24 heavy (non-hydrogen) atoms. The molecule has 0 aliphatic heterocycles. The number of esters is 1. The number of aliphatic carboxylic acids is 2. The molecule has 0 aliphatic rings. The first-order valence-corrected chi connectivity index (χ1v) is 6.55. The molecule has 0 saturated carbocycles. The van der Waals surface area contributed by atoms with Crippen LogP contribution in [0.25, 0.3) is 0 Å². The number of aliphatic hydroxyl groups is 2. The summed E-state index contributed by atoms with van der Waals surface area (Å²) in [4.78, 5) is 44.2. The van der Waals surface area contributed by atoms with Crippen molar-refractivity contribution in [1.82, 2.24) is 0 Å². The van der Waals surface area contributed by atoms with Gasteiger partial charge in [-0.1, -0.05) is 13.3 Å². The van der Waals surface area contributed by atoms with E-state index in [0.717, 1.165) is 6.42 Å². The summed E-state index contributed by atoms with van der Waals surface area (Å²) >= 11 is 0. The highest BCUT2D eigenvalue weighted by Gasteiger charge is 2.29. The maximum absolute atomic E-state index is 11.0. The third-order valence-corrected chi connectivity index (χ3v) is 2.23. The Hall–Kier alpha value is -2.51. The molecule has 0 radical (unpaired) electrons. The highest BCUT2D eigenvalue weighted by atomic mass is 17.0. The van der Waals surface area contributed by atoms with E-state index in [1.165, 1.54) is 0 Å². The molecule has 3 unspecified atom stereocenters. The number of carboxylic acid groups (broad SMARTS) is 2. The van der Waals surface area contributed by atoms with Crippen LogP contribution in [0.2, 0.25) is 0 Å². The average Bonchev–Trinajstić information content (AvgIpc) is 2.50. The van der Waals surface area contributed by atoms with Gasteiger partial charge in [-0.15, -0.1) is 10.1 Å². The van der Waals surface area contributed by atoms with Crippen LogP contribution in [0, 0.1) is 10.1 Å². The molecule has 3 atom stereocenters. The maximum atomic E-state index is 11.0. The first kappa shape index (κ1) is 23.8. The molecule has 0 rings (SSSR count). The second-order valence-electron chi connectivity index (χ2n) is 4.19. The van der Waals surface area contributed by atoms with Crippen molar-refractivity contribution in [1.29, 1.82) is 0 Å². The number of aliphatic hydroxyl groups excluding tert-OH is 2. The molecule has 0 aliphatic carbocycles. The molecule has 0 saturated heterocycles. The molecule has 0 fully saturated rings. The fourth-order valence-corrected chi connectivity index (χ4v) is 1.06. The molecule has 0 aromatic rings. The minimum Gasteiger partial charge on any atom is -0.479 e. The number of carboxylic acids is 2. The van der Waals surface area contributed by atoms with Crippen LogP contribution in [0.3, 0.4) is 0 Å². The quantitative estimate of drug-likeness (QED) is 0.121. The molecule has 0 heterocycles. The first-order valence-electron chi connectivity index (χ1n) is 6.55. The Morgan fingerprint density at radius 2 is 1.58 bits per heavy atom. The Labute approximate surface area is 135 Å². The Morgan fingerprint density at radius 1 is 1.12 bits per heavy atom. The van der Waals surface area contributed by atoms with Crippen molar-refractivity contribution in [2.75, 3.05) is 13.2 Å². The summed E-state index contributed by atoms with van der Waals surface area (Å²) in [5.41, 5.74) is 5.42. The van der Waals surface area contributed by atoms with E-state index in [1.807, 2.05) is 6.92 Å². The van der Waals surface area contributed by atoms with E-state index in [9.17, 15) is 24.5 Å². The summed E-state index contributed by atoms with van der Waals surface area (Å²) in [5, 5.41) is 41.3. The van der Waals surface area contributed by atoms with E-state index in [2.05, 4.69) is 9.57 Å². The number of ether oxygens (including phenoxy) is 1. The second-order valence-corrected chi connectivity index (χ2v) is 4.19. The predicted octanol–water partition coefficient (Wildman–Crippen LogP) is -2.26. The fourth-order valence-electron chi connectivity index (χ4n) is 1.06. The third-order valence-electron chi connectivity index (χ3n) is 2.23. The SMILES string of the molecule is CCCC(N)C(=O)OCCO[N+](=O)[O-].O=C(O)C(O)C(O)C(=O)O. The minimum absolute atomic E-state index is 0.156. The third kappa shape index (κ3) is 12.1. The van der Waals surface area contributed by atoms with Crippen molar-refractivity contribution in [3.05, 3.63) is 10.1 Å². The first-order chi connectivity index (χ1) is 11.0. The number of hydrogen-bond donors (Lipinski definition) is 5. The van der Waals surface area contributed by atoms with Gasteiger partial charge in [0.05, 0.1) is 0 Å². The summed E-state index contributed by atoms with van der Waals surface area (Å²) < 4.78 is 4.61. The number of carbonyl (C=O) groups is 3. The lowest BCUT2D eigenvalue weighted by molar-refractivity contribution is -0.757. The molecule has 0 spiro atoms. The molecule has 0 bridgehead atoms. The monoisotopic (exact) mass is 356 g/mol. The molecule has 0 amide bonds. The van der Waals surface area contributed by atoms with Crippen LogP contribution >= 0.6 is 0 Å². The van der Waals surface area contributed by atoms with Crippen molar-refractivity contribution < 1.29 is 49.5 Å². The van der Waals surface area contributed by atoms with Crippen molar-refractivity contribution in [2.24, 2.45) is 5.73 Å². The average molecular weight is 356 g/mol. The molecule has 13 nitrogen and oxygen atoms in total. The van der Waals surface area contributed by atoms with Crippen molar-refractivity contribution in [3.63, 3.8) is 0 Å². The Bertz CT molecular complexity index is 410. The normalized spacial score (nSPS) is 13.5. The lowest BCUT2D eigenvalue weighted by Crippen LogP contribution is -2.39. The van der Waals surface area contributed by atoms with Crippen LogP contribution in [-0.2, 0) is 24.0 Å². The van der Waals surface area contributed by atoms with Gasteiger partial charge in [0, 0.05) is 0 Å². The molecule has 0 aromatic carbocycles. The van der Waals surface area contributed by atoms with Gasteiger partial charge < -0.3 is 35.7 Å². The lowest BCUT2D eigenvalue weighted by atomic mass is 10.2. The van der Waals surface area contributed by atoms with E-state index < -0.39 is 41.2 Å². The Kier molecular flexibility index (Phi) is 12.8. The summed E-state index contributed by atoms with van der Waals surface area (Å²) in [5.74, 6) is -4.09. The van der Waals surface area contributed by atoms with Crippen LogP contribution in [0.1, 0.15) is 19.8 Å². The number of hydrogen-bond acceptors (Lipinski definition) is 10. The summed E-state index contributed by atoms with van der Waals surface area (Å²) in [6, 6.07) is -0.657. The van der Waals surface area contributed by atoms with Crippen molar-refractivity contribution in [3.8, 4) is 0 Å². The Morgan fingerprint density at radius 3 is 1.92 bits per heavy atom. The van der Waals surface area contributed by atoms with Gasteiger partial charge in [-0.2, -0.15) is 0 Å². The van der Waals surface area contributed by atoms with Crippen LogP contribution in [-0.4, -0.2) is 74.9 Å². The van der Waals surface area contributed by atoms with Crippen molar-refractivity contribution in [2.45, 2.75) is 38.0 Å². The number of rotatable bonds is 10. The van der Waals surface area contributed by atoms with Gasteiger partial charge in [0.1, 0.15) is 19.3 Å². The van der Waals surface area contributed by atoms with Crippen LogP contribution in [0.4, 0.5) is 0 Å². The van der Waals surface area contributed by atoms with Gasteiger partial charge in [-0.3, -0.25) is 4.79 Å². The minimum atomic E-state index is -2.27. The van der Waals surface area contributed by atoms with Crippen molar-refractivity contribution >= 4 is 17.9 Å². The molecule has 13 heteroatoms. The van der Waals surface area contributed by atoms with E-state index in [0.29, 0.717) is 6.42 Å². The highest BCUT2D eigenvalue weighted by Crippen LogP contribution is 1.96. The molecule has 140 valence electrons. The van der Waals surface area contributed by atoms with Gasteiger partial charge in [0.15, 0.2) is 12.2 Å². The molecule has 0 aromatic heterocycles. The van der Waals surface area contributed by atoms with E-state index in [4.69, 9.17) is 26.2 Å². The Balaban J connectivity index is 0. The second kappa shape index (κ2) is 13.0. The van der Waals surface area contributed by atoms with E-state index in [1.54, 1.807) is 0 Å². The van der Waals surface area contributed by atoms with E-state index >= 15 is 0 Å². The van der Waals surface area contributed by atoms with E-state index in [-0.39, 0.29) is 13.2 Å². The topological polar surface area (TPSA) is 220 Å². The van der Waals surface area contributed by atoms with Crippen LogP contribution in [0.5, 0.6) is 0 Å². The molecular formula is C11H20N2O11. The highest BCUT2D eigenvalue weighted by molar-refractivity contribution is 5.83. The zero-order valence-corrected chi connectivity index (χ0v) is 12.7. The van der Waals surface area contributed by atoms with Crippen LogP contribution < -0.4 is 5.73 Å². The molecular weight excluding hydrogens is 336 g/mol. The number of carbonyl (C=O) groups excluding carboxylic acids is 1. The maximum Gasteiger partial charge on any atom is 0.335 e. The number of nitrogens with two attached hydrogens (primary N) is 1. The number of nitrogens with zero attached hydrogens (tertiary/aromatic N) is 1. The van der Waals surface area contributed by atoms with Gasteiger partial charge in [0.25, 0.3) is 5.09 Å². The van der Waals surface area contributed by atoms with Gasteiger partial charge >= 0.3 is 17.9 Å². The smallest absolute Gasteiger partial charge is 0.335 e. The fraction of sp³-hybridized carbons (Fsp3) is 0.727. The standard InChI is InChI=1S/C7H14N2O5.C4H6O6/c1-2-3-6(8)7(10)13-4-5-14-9(11)12;5-1(3(7)8)2(6)4(9)10/h6H,2-5,8H2,1H3;1-2,5-6H,(H,7,8)(H,9,10). The predicted molar refractivity (Wildman–Crippen MR) is 74.1 cm³/mol. The summed E-state index contributed by atoms with van der Waals surface area (Å²) in [7, 11) is 0. The zero-order chi connectivity index (χ0) is 19.3. The summed E-state index contributed by atoms with van der Waals surface area (Å²) in [6.45, 7) is 1.47. The lowest BCUT2D eigenvalue weighted by Gasteiger charge is -2.09. The van der Waals surface area contributed by atoms with Crippen LogP contribution in [0.15, 0.2) is 0 Å². The largest absolute Gasteiger partial charge is 0.479 e. The van der Waals surface area contributed by atoms with Gasteiger partial charge in [-0.25, -0.2) is 9.59 Å².